The van der Waals surface area contributed by atoms with Gasteiger partial charge in [0.1, 0.15) is 17.2 Å². The van der Waals surface area contributed by atoms with Crippen LogP contribution in [0.3, 0.4) is 0 Å². The Morgan fingerprint density at radius 1 is 1.16 bits per heavy atom. The number of amides is 1. The van der Waals surface area contributed by atoms with Gasteiger partial charge in [0, 0.05) is 13.7 Å². The van der Waals surface area contributed by atoms with Crippen LogP contribution in [-0.2, 0) is 19.1 Å². The average molecular weight is 271 g/mol. The number of hydrogen-bond acceptors (Lipinski definition) is 4. The van der Waals surface area contributed by atoms with E-state index in [9.17, 15) is 9.59 Å². The monoisotopic (exact) mass is 271 g/mol. The molecule has 1 fully saturated rings. The minimum Gasteiger partial charge on any atom is -0.458 e. The van der Waals surface area contributed by atoms with Gasteiger partial charge in [-0.05, 0) is 47.5 Å². The van der Waals surface area contributed by atoms with Crippen LogP contribution in [0.4, 0.5) is 0 Å². The number of nitrogens with zero attached hydrogens (tertiary/aromatic N) is 1. The van der Waals surface area contributed by atoms with E-state index in [0.29, 0.717) is 13.0 Å². The van der Waals surface area contributed by atoms with Crippen molar-refractivity contribution in [2.24, 2.45) is 0 Å². The fourth-order valence-electron chi connectivity index (χ4n) is 2.06. The highest BCUT2D eigenvalue weighted by Crippen LogP contribution is 2.25. The zero-order valence-corrected chi connectivity index (χ0v) is 12.8. The highest BCUT2D eigenvalue weighted by Gasteiger charge is 2.42. The van der Waals surface area contributed by atoms with Crippen molar-refractivity contribution in [1.82, 2.24) is 4.90 Å². The number of carbonyl (C=O) groups is 2. The molecule has 0 N–H and O–H groups in total. The molecule has 0 bridgehead atoms. The second-order valence-electron chi connectivity index (χ2n) is 6.40. The van der Waals surface area contributed by atoms with E-state index in [1.807, 2.05) is 20.8 Å². The Bertz CT molecular complexity index is 357. The first-order chi connectivity index (χ1) is 8.58. The molecule has 0 unspecified atom stereocenters. The molecule has 0 aromatic heterocycles. The second-order valence-corrected chi connectivity index (χ2v) is 6.40. The van der Waals surface area contributed by atoms with E-state index in [0.717, 1.165) is 6.42 Å². The molecule has 1 heterocycles. The van der Waals surface area contributed by atoms with E-state index in [4.69, 9.17) is 9.47 Å². The molecule has 1 aliphatic heterocycles. The number of ether oxygens (including phenoxy) is 2. The predicted molar refractivity (Wildman–Crippen MR) is 71.7 cm³/mol. The normalized spacial score (nSPS) is 20.5. The molecular weight excluding hydrogens is 246 g/mol. The summed E-state index contributed by atoms with van der Waals surface area (Å²) in [6.07, 6.45) is 1.47. The molecule has 1 rings (SSSR count). The lowest BCUT2D eigenvalue weighted by Crippen LogP contribution is -2.51. The van der Waals surface area contributed by atoms with Crippen molar-refractivity contribution in [3.8, 4) is 0 Å². The van der Waals surface area contributed by atoms with Gasteiger partial charge in [0.15, 0.2) is 0 Å². The van der Waals surface area contributed by atoms with Crippen LogP contribution in [0.15, 0.2) is 0 Å². The second kappa shape index (κ2) is 5.49. The molecule has 5 nitrogen and oxygen atoms in total. The summed E-state index contributed by atoms with van der Waals surface area (Å²) in [6, 6.07) is -0.485. The number of methoxy groups -OCH3 is 1. The maximum atomic E-state index is 12.4. The van der Waals surface area contributed by atoms with Crippen molar-refractivity contribution in [2.75, 3.05) is 13.7 Å². The zero-order valence-electron chi connectivity index (χ0n) is 12.8. The molecular formula is C14H25NO4. The zero-order chi connectivity index (χ0) is 14.8. The predicted octanol–water partition coefficient (Wildman–Crippen LogP) is 1.74. The standard InChI is InChI=1S/C14H25NO4/c1-13(2,3)19-11(16)10-8-7-9-15(10)12(17)14(4,5)18-6/h10H,7-9H2,1-6H3/t10-/m0/s1. The van der Waals surface area contributed by atoms with E-state index in [1.54, 1.807) is 18.7 Å². The summed E-state index contributed by atoms with van der Waals surface area (Å²) < 4.78 is 10.6. The van der Waals surface area contributed by atoms with Crippen LogP contribution in [0.25, 0.3) is 0 Å². The molecule has 0 aliphatic carbocycles. The molecule has 0 radical (unpaired) electrons. The molecule has 19 heavy (non-hydrogen) atoms. The van der Waals surface area contributed by atoms with Gasteiger partial charge in [0.2, 0.25) is 0 Å². The maximum Gasteiger partial charge on any atom is 0.329 e. The lowest BCUT2D eigenvalue weighted by molar-refractivity contribution is -0.167. The summed E-state index contributed by atoms with van der Waals surface area (Å²) in [7, 11) is 1.50. The molecule has 1 aliphatic rings. The first-order valence-electron chi connectivity index (χ1n) is 6.67. The van der Waals surface area contributed by atoms with Gasteiger partial charge >= 0.3 is 5.97 Å². The number of hydrogen-bond donors (Lipinski definition) is 0. The van der Waals surface area contributed by atoms with Gasteiger partial charge in [-0.3, -0.25) is 4.79 Å². The average Bonchev–Trinajstić information content (AvgIpc) is 2.74. The first kappa shape index (κ1) is 16.0. The Kier molecular flexibility index (Phi) is 4.61. The third-order valence-electron chi connectivity index (χ3n) is 3.22. The van der Waals surface area contributed by atoms with Gasteiger partial charge in [0.05, 0.1) is 0 Å². The Labute approximate surface area is 115 Å². The molecule has 1 saturated heterocycles. The molecule has 5 heteroatoms. The van der Waals surface area contributed by atoms with Gasteiger partial charge in [-0.25, -0.2) is 4.79 Å². The van der Waals surface area contributed by atoms with Crippen molar-refractivity contribution < 1.29 is 19.1 Å². The van der Waals surface area contributed by atoms with E-state index in [-0.39, 0.29) is 11.9 Å². The number of esters is 1. The largest absolute Gasteiger partial charge is 0.458 e. The van der Waals surface area contributed by atoms with E-state index >= 15 is 0 Å². The fraction of sp³-hybridized carbons (Fsp3) is 0.857. The highest BCUT2D eigenvalue weighted by molar-refractivity contribution is 5.89. The Balaban J connectivity index is 2.80. The van der Waals surface area contributed by atoms with Crippen molar-refractivity contribution in [3.05, 3.63) is 0 Å². The van der Waals surface area contributed by atoms with E-state index < -0.39 is 17.2 Å². The van der Waals surface area contributed by atoms with Crippen LogP contribution in [-0.4, -0.2) is 47.7 Å². The van der Waals surface area contributed by atoms with Crippen molar-refractivity contribution >= 4 is 11.9 Å². The Hall–Kier alpha value is -1.10. The lowest BCUT2D eigenvalue weighted by atomic mass is 10.1. The van der Waals surface area contributed by atoms with Crippen LogP contribution >= 0.6 is 0 Å². The van der Waals surface area contributed by atoms with Crippen molar-refractivity contribution in [3.63, 3.8) is 0 Å². The van der Waals surface area contributed by atoms with Crippen LogP contribution in [0.2, 0.25) is 0 Å². The lowest BCUT2D eigenvalue weighted by Gasteiger charge is -2.32. The molecule has 1 amide bonds. The van der Waals surface area contributed by atoms with E-state index in [1.165, 1.54) is 7.11 Å². The molecule has 0 aromatic carbocycles. The SMILES string of the molecule is COC(C)(C)C(=O)N1CCC[C@H]1C(=O)OC(C)(C)C. The molecule has 0 saturated carbocycles. The fourth-order valence-corrected chi connectivity index (χ4v) is 2.06. The highest BCUT2D eigenvalue weighted by atomic mass is 16.6. The summed E-state index contributed by atoms with van der Waals surface area (Å²) >= 11 is 0. The van der Waals surface area contributed by atoms with Crippen molar-refractivity contribution in [2.45, 2.75) is 64.7 Å². The van der Waals surface area contributed by atoms with Gasteiger partial charge < -0.3 is 14.4 Å². The summed E-state index contributed by atoms with van der Waals surface area (Å²) in [5, 5.41) is 0. The van der Waals surface area contributed by atoms with Crippen LogP contribution in [0.1, 0.15) is 47.5 Å². The summed E-state index contributed by atoms with van der Waals surface area (Å²) in [5.41, 5.74) is -1.45. The summed E-state index contributed by atoms with van der Waals surface area (Å²) in [5.74, 6) is -0.492. The molecule has 0 spiro atoms. The molecule has 0 aromatic rings. The Morgan fingerprint density at radius 2 is 1.74 bits per heavy atom. The minimum absolute atomic E-state index is 0.164. The molecule has 110 valence electrons. The third-order valence-corrected chi connectivity index (χ3v) is 3.22. The number of carbonyl (C=O) groups excluding carboxylic acids is 2. The first-order valence-corrected chi connectivity index (χ1v) is 6.67. The quantitative estimate of drug-likeness (QED) is 0.734. The summed E-state index contributed by atoms with van der Waals surface area (Å²) in [4.78, 5) is 26.1. The van der Waals surface area contributed by atoms with Gasteiger partial charge in [-0.2, -0.15) is 0 Å². The number of rotatable bonds is 3. The van der Waals surface area contributed by atoms with E-state index in [2.05, 4.69) is 0 Å². The van der Waals surface area contributed by atoms with Crippen LogP contribution in [0.5, 0.6) is 0 Å². The number of likely N-dealkylation sites (tertiary alicyclic amines) is 1. The maximum absolute atomic E-state index is 12.4. The third kappa shape index (κ3) is 3.93. The van der Waals surface area contributed by atoms with Crippen molar-refractivity contribution in [1.29, 1.82) is 0 Å². The summed E-state index contributed by atoms with van der Waals surface area (Å²) in [6.45, 7) is 9.47. The topological polar surface area (TPSA) is 55.8 Å². The van der Waals surface area contributed by atoms with Gasteiger partial charge in [-0.1, -0.05) is 0 Å². The van der Waals surface area contributed by atoms with Crippen LogP contribution in [0, 0.1) is 0 Å². The van der Waals surface area contributed by atoms with Gasteiger partial charge in [-0.15, -0.1) is 0 Å². The minimum atomic E-state index is -0.912. The molecule has 1 atom stereocenters. The van der Waals surface area contributed by atoms with Gasteiger partial charge in [0.25, 0.3) is 5.91 Å². The van der Waals surface area contributed by atoms with Crippen LogP contribution < -0.4 is 0 Å². The smallest absolute Gasteiger partial charge is 0.329 e. The Morgan fingerprint density at radius 3 is 2.21 bits per heavy atom.